The number of likely N-dealkylation sites (tertiary alicyclic amines) is 1. The van der Waals surface area contributed by atoms with Gasteiger partial charge in [0.1, 0.15) is 16.1 Å². The molecule has 3 fully saturated rings. The molecule has 6 nitrogen and oxygen atoms in total. The molecular weight excluding hydrogens is 476 g/mol. The molecule has 3 aromatic rings. The van der Waals surface area contributed by atoms with E-state index in [0.717, 1.165) is 61.0 Å². The molecular formula is C26H33BrN6. The van der Waals surface area contributed by atoms with Gasteiger partial charge in [0, 0.05) is 38.4 Å². The molecule has 0 radical (unpaired) electrons. The van der Waals surface area contributed by atoms with E-state index in [1.54, 1.807) is 0 Å². The van der Waals surface area contributed by atoms with Crippen LogP contribution in [0.2, 0.25) is 0 Å². The molecule has 1 saturated carbocycles. The smallest absolute Gasteiger partial charge is 0.139 e. The number of piperazine rings is 1. The molecule has 2 atom stereocenters. The predicted octanol–water partition coefficient (Wildman–Crippen LogP) is 4.98. The lowest BCUT2D eigenvalue weighted by atomic mass is 9.91. The molecule has 2 saturated heterocycles. The zero-order valence-electron chi connectivity index (χ0n) is 19.6. The Balaban J connectivity index is 1.31. The number of piperidine rings is 1. The van der Waals surface area contributed by atoms with Crippen LogP contribution in [-0.4, -0.2) is 63.4 Å². The van der Waals surface area contributed by atoms with Crippen molar-refractivity contribution in [1.82, 2.24) is 24.2 Å². The highest BCUT2D eigenvalue weighted by Gasteiger charge is 2.35. The van der Waals surface area contributed by atoms with Gasteiger partial charge in [-0.25, -0.2) is 4.98 Å². The summed E-state index contributed by atoms with van der Waals surface area (Å²) in [5.41, 5.74) is 4.67. The molecule has 0 spiro atoms. The number of pyridine rings is 2. The summed E-state index contributed by atoms with van der Waals surface area (Å²) in [6.07, 6.45) is 8.16. The highest BCUT2D eigenvalue weighted by atomic mass is 79.9. The fraction of sp³-hybridized carbons (Fsp3) is 0.538. The molecule has 0 amide bonds. The van der Waals surface area contributed by atoms with Gasteiger partial charge in [0.05, 0.1) is 23.5 Å². The molecule has 5 heterocycles. The first-order valence-corrected chi connectivity index (χ1v) is 13.2. The Bertz CT molecular complexity index is 1150. The average Bonchev–Trinajstić information content (AvgIpc) is 3.64. The Morgan fingerprint density at radius 2 is 1.67 bits per heavy atom. The van der Waals surface area contributed by atoms with Crippen LogP contribution in [0.4, 0.5) is 5.82 Å². The summed E-state index contributed by atoms with van der Waals surface area (Å²) in [6, 6.07) is 12.2. The maximum absolute atomic E-state index is 5.16. The van der Waals surface area contributed by atoms with Crippen molar-refractivity contribution in [3.8, 4) is 0 Å². The Morgan fingerprint density at radius 3 is 2.39 bits per heavy atom. The zero-order chi connectivity index (χ0) is 22.5. The number of nitrogens with zero attached hydrogens (tertiary/aromatic N) is 6. The number of rotatable bonds is 4. The monoisotopic (exact) mass is 508 g/mol. The minimum atomic E-state index is 0.277. The van der Waals surface area contributed by atoms with E-state index in [2.05, 4.69) is 73.3 Å². The third-order valence-electron chi connectivity index (χ3n) is 7.91. The normalized spacial score (nSPS) is 25.1. The predicted molar refractivity (Wildman–Crippen MR) is 136 cm³/mol. The van der Waals surface area contributed by atoms with Gasteiger partial charge < -0.3 is 4.90 Å². The van der Waals surface area contributed by atoms with E-state index >= 15 is 0 Å². The van der Waals surface area contributed by atoms with E-state index in [4.69, 9.17) is 9.97 Å². The van der Waals surface area contributed by atoms with Crippen LogP contribution in [0.1, 0.15) is 61.1 Å². The van der Waals surface area contributed by atoms with Crippen molar-refractivity contribution in [2.45, 2.75) is 57.2 Å². The minimum absolute atomic E-state index is 0.277. The fourth-order valence-electron chi connectivity index (χ4n) is 5.91. The van der Waals surface area contributed by atoms with Crippen LogP contribution in [-0.2, 0) is 0 Å². The number of halogens is 1. The van der Waals surface area contributed by atoms with Gasteiger partial charge in [-0.1, -0.05) is 12.1 Å². The highest BCUT2D eigenvalue weighted by Crippen LogP contribution is 2.43. The summed E-state index contributed by atoms with van der Waals surface area (Å²) in [6.45, 7) is 6.67. The third kappa shape index (κ3) is 3.88. The van der Waals surface area contributed by atoms with Crippen LogP contribution in [0.25, 0.3) is 5.65 Å². The number of fused-ring (bicyclic) bond motifs is 1. The quantitative estimate of drug-likeness (QED) is 0.496. The molecule has 7 heteroatoms. The zero-order valence-corrected chi connectivity index (χ0v) is 21.2. The van der Waals surface area contributed by atoms with Crippen LogP contribution in [0.5, 0.6) is 0 Å². The van der Waals surface area contributed by atoms with Crippen molar-refractivity contribution in [3.63, 3.8) is 0 Å². The van der Waals surface area contributed by atoms with Crippen molar-refractivity contribution in [2.75, 3.05) is 38.1 Å². The van der Waals surface area contributed by atoms with Crippen molar-refractivity contribution >= 4 is 27.4 Å². The number of imidazole rings is 1. The first-order chi connectivity index (χ1) is 16.1. The second-order valence-corrected chi connectivity index (χ2v) is 10.7. The van der Waals surface area contributed by atoms with Crippen LogP contribution in [0, 0.1) is 6.92 Å². The number of anilines is 1. The van der Waals surface area contributed by atoms with E-state index in [1.807, 2.05) is 12.3 Å². The van der Waals surface area contributed by atoms with E-state index in [-0.39, 0.29) is 6.04 Å². The molecule has 3 aromatic heterocycles. The summed E-state index contributed by atoms with van der Waals surface area (Å²) in [5.74, 6) is 1.25. The lowest BCUT2D eigenvalue weighted by Gasteiger charge is -2.39. The van der Waals surface area contributed by atoms with Gasteiger partial charge in [-0.05, 0) is 85.8 Å². The van der Waals surface area contributed by atoms with Gasteiger partial charge in [0.2, 0.25) is 0 Å². The van der Waals surface area contributed by atoms with Crippen molar-refractivity contribution in [3.05, 3.63) is 58.1 Å². The van der Waals surface area contributed by atoms with Crippen molar-refractivity contribution in [1.29, 1.82) is 0 Å². The van der Waals surface area contributed by atoms with Gasteiger partial charge in [-0.3, -0.25) is 19.2 Å². The van der Waals surface area contributed by atoms with E-state index in [0.29, 0.717) is 6.04 Å². The number of hydrogen-bond donors (Lipinski definition) is 0. The van der Waals surface area contributed by atoms with Crippen molar-refractivity contribution in [2.24, 2.45) is 0 Å². The maximum Gasteiger partial charge on any atom is 0.139 e. The second kappa shape index (κ2) is 8.67. The first kappa shape index (κ1) is 21.6. The third-order valence-corrected chi connectivity index (χ3v) is 8.67. The van der Waals surface area contributed by atoms with Crippen LogP contribution in [0.15, 0.2) is 41.1 Å². The fourth-order valence-corrected chi connectivity index (χ4v) is 6.63. The number of aromatic nitrogens is 3. The number of aryl methyl sites for hydroxylation is 1. The Kier molecular flexibility index (Phi) is 5.67. The lowest BCUT2D eigenvalue weighted by Crippen LogP contribution is -2.47. The largest absolute Gasteiger partial charge is 0.355 e. The summed E-state index contributed by atoms with van der Waals surface area (Å²) in [7, 11) is 2.25. The highest BCUT2D eigenvalue weighted by molar-refractivity contribution is 9.10. The second-order valence-electron chi connectivity index (χ2n) is 9.95. The first-order valence-electron chi connectivity index (χ1n) is 12.4. The molecule has 0 bridgehead atoms. The molecule has 174 valence electrons. The van der Waals surface area contributed by atoms with Gasteiger partial charge in [0.15, 0.2) is 0 Å². The molecule has 0 aromatic carbocycles. The van der Waals surface area contributed by atoms with Crippen LogP contribution >= 0.6 is 15.9 Å². The molecule has 33 heavy (non-hydrogen) atoms. The molecule has 2 aliphatic heterocycles. The van der Waals surface area contributed by atoms with E-state index < -0.39 is 0 Å². The minimum Gasteiger partial charge on any atom is -0.355 e. The summed E-state index contributed by atoms with van der Waals surface area (Å²) >= 11 is 3.99. The van der Waals surface area contributed by atoms with Gasteiger partial charge in [-0.2, -0.15) is 0 Å². The summed E-state index contributed by atoms with van der Waals surface area (Å²) < 4.78 is 3.43. The lowest BCUT2D eigenvalue weighted by molar-refractivity contribution is 0.109. The maximum atomic E-state index is 5.16. The van der Waals surface area contributed by atoms with Gasteiger partial charge >= 0.3 is 0 Å². The molecule has 1 aliphatic carbocycles. The van der Waals surface area contributed by atoms with Crippen LogP contribution in [0.3, 0.4) is 0 Å². The molecule has 0 N–H and O–H groups in total. The van der Waals surface area contributed by atoms with Gasteiger partial charge in [0.25, 0.3) is 0 Å². The van der Waals surface area contributed by atoms with Gasteiger partial charge in [-0.15, -0.1) is 0 Å². The Labute approximate surface area is 204 Å². The van der Waals surface area contributed by atoms with E-state index in [1.165, 1.54) is 36.3 Å². The van der Waals surface area contributed by atoms with E-state index in [9.17, 15) is 0 Å². The standard InChI is InChI=1S/C26H33BrN6/c1-18-6-5-13-28-24(18)20-7-3-8-21(30(20)2)25-26(27)33-22(29-25)9-4-10-23(33)32-16-14-31(15-17-32)19-11-12-19/h4-6,9-10,13,19-21H,3,7-8,11-12,14-17H2,1-2H3/t20-,21+/m0/s1. The summed E-state index contributed by atoms with van der Waals surface area (Å²) in [5, 5.41) is 0. The topological polar surface area (TPSA) is 39.9 Å². The Morgan fingerprint density at radius 1 is 0.909 bits per heavy atom. The van der Waals surface area contributed by atoms with Crippen LogP contribution < -0.4 is 4.90 Å². The number of hydrogen-bond acceptors (Lipinski definition) is 5. The summed E-state index contributed by atoms with van der Waals surface area (Å²) in [4.78, 5) is 17.6. The molecule has 0 unspecified atom stereocenters. The Hall–Kier alpha value is -1.96. The molecule has 3 aliphatic rings. The average molecular weight is 509 g/mol. The molecule has 6 rings (SSSR count). The van der Waals surface area contributed by atoms with Crippen molar-refractivity contribution < 1.29 is 0 Å². The SMILES string of the molecule is Cc1cccnc1[C@@H]1CCC[C@H](c2nc3cccc(N4CCN(C5CC5)CC4)n3c2Br)N1C.